The highest BCUT2D eigenvalue weighted by molar-refractivity contribution is 7.89. The Morgan fingerprint density at radius 2 is 1.59 bits per heavy atom. The van der Waals surface area contributed by atoms with Gasteiger partial charge in [-0.05, 0) is 54.3 Å². The molecule has 0 fully saturated rings. The molecule has 0 spiro atoms. The molecule has 3 rings (SSSR count). The minimum Gasteiger partial charge on any atom is -0.322 e. The second kappa shape index (κ2) is 9.03. The predicted octanol–water partition coefficient (Wildman–Crippen LogP) is 4.29. The van der Waals surface area contributed by atoms with Gasteiger partial charge in [-0.1, -0.05) is 55.5 Å². The fraction of sp³-hybridized carbons (Fsp3) is 0.174. The van der Waals surface area contributed by atoms with E-state index in [-0.39, 0.29) is 17.3 Å². The maximum atomic E-state index is 12.7. The largest absolute Gasteiger partial charge is 0.322 e. The molecule has 0 aromatic heterocycles. The minimum atomic E-state index is -3.74. The number of aryl methyl sites for hydroxylation is 2. The van der Waals surface area contributed by atoms with Gasteiger partial charge in [-0.2, -0.15) is 0 Å². The van der Waals surface area contributed by atoms with Crippen LogP contribution in [0, 0.1) is 6.92 Å². The lowest BCUT2D eigenvalue weighted by molar-refractivity contribution is 0.102. The molecule has 0 aliphatic rings. The van der Waals surface area contributed by atoms with E-state index in [4.69, 9.17) is 0 Å². The third-order valence-electron chi connectivity index (χ3n) is 4.69. The van der Waals surface area contributed by atoms with Gasteiger partial charge in [-0.15, -0.1) is 0 Å². The van der Waals surface area contributed by atoms with Crippen LogP contribution in [0.15, 0.2) is 77.7 Å². The highest BCUT2D eigenvalue weighted by atomic mass is 32.2. The maximum Gasteiger partial charge on any atom is 0.255 e. The van der Waals surface area contributed by atoms with Crippen molar-refractivity contribution in [3.63, 3.8) is 0 Å². The summed E-state index contributed by atoms with van der Waals surface area (Å²) < 4.78 is 27.9. The third kappa shape index (κ3) is 5.31. The molecular weight excluding hydrogens is 384 g/mol. The highest BCUT2D eigenvalue weighted by Crippen LogP contribution is 2.18. The first-order valence-corrected chi connectivity index (χ1v) is 10.9. The van der Waals surface area contributed by atoms with Gasteiger partial charge in [0.1, 0.15) is 0 Å². The molecule has 0 atom stereocenters. The van der Waals surface area contributed by atoms with E-state index in [9.17, 15) is 13.2 Å². The molecule has 2 N–H and O–H groups in total. The van der Waals surface area contributed by atoms with Gasteiger partial charge in [0, 0.05) is 17.8 Å². The quantitative estimate of drug-likeness (QED) is 0.612. The Morgan fingerprint density at radius 1 is 0.897 bits per heavy atom. The standard InChI is InChI=1S/C23H24N2O3S/c1-3-18-10-12-20(13-11-18)25-23(26)22-15-21(14-9-17(22)2)29(27,28)24-16-19-7-5-4-6-8-19/h4-15,24H,3,16H2,1-2H3,(H,25,26). The highest BCUT2D eigenvalue weighted by Gasteiger charge is 2.18. The SMILES string of the molecule is CCc1ccc(NC(=O)c2cc(S(=O)(=O)NCc3ccccc3)ccc2C)cc1. The molecule has 0 aliphatic heterocycles. The van der Waals surface area contributed by atoms with E-state index in [0.29, 0.717) is 16.8 Å². The number of anilines is 1. The number of amides is 1. The first-order valence-electron chi connectivity index (χ1n) is 9.43. The van der Waals surface area contributed by atoms with E-state index < -0.39 is 10.0 Å². The topological polar surface area (TPSA) is 75.3 Å². The molecule has 0 aliphatic carbocycles. The van der Waals surface area contributed by atoms with Crippen LogP contribution >= 0.6 is 0 Å². The molecular formula is C23H24N2O3S. The lowest BCUT2D eigenvalue weighted by atomic mass is 10.1. The van der Waals surface area contributed by atoms with Crippen molar-refractivity contribution in [2.75, 3.05) is 5.32 Å². The Kier molecular flexibility index (Phi) is 6.46. The summed E-state index contributed by atoms with van der Waals surface area (Å²) >= 11 is 0. The number of carbonyl (C=O) groups excluding carboxylic acids is 1. The molecule has 0 bridgehead atoms. The smallest absolute Gasteiger partial charge is 0.255 e. The van der Waals surface area contributed by atoms with Crippen molar-refractivity contribution in [3.8, 4) is 0 Å². The molecule has 5 nitrogen and oxygen atoms in total. The van der Waals surface area contributed by atoms with Crippen molar-refractivity contribution >= 4 is 21.6 Å². The first-order chi connectivity index (χ1) is 13.9. The van der Waals surface area contributed by atoms with Gasteiger partial charge in [0.15, 0.2) is 0 Å². The fourth-order valence-electron chi connectivity index (χ4n) is 2.89. The van der Waals surface area contributed by atoms with Crippen molar-refractivity contribution in [3.05, 3.63) is 95.1 Å². The second-order valence-electron chi connectivity index (χ2n) is 6.79. The average Bonchev–Trinajstić information content (AvgIpc) is 2.74. The second-order valence-corrected chi connectivity index (χ2v) is 8.56. The summed E-state index contributed by atoms with van der Waals surface area (Å²) in [4.78, 5) is 12.8. The zero-order valence-electron chi connectivity index (χ0n) is 16.5. The Balaban J connectivity index is 1.78. The van der Waals surface area contributed by atoms with E-state index in [1.54, 1.807) is 13.0 Å². The minimum absolute atomic E-state index is 0.0607. The molecule has 3 aromatic carbocycles. The van der Waals surface area contributed by atoms with E-state index in [2.05, 4.69) is 17.0 Å². The molecule has 0 unspecified atom stereocenters. The summed E-state index contributed by atoms with van der Waals surface area (Å²) in [5, 5.41) is 2.83. The number of sulfonamides is 1. The van der Waals surface area contributed by atoms with Gasteiger partial charge < -0.3 is 5.32 Å². The Bertz CT molecular complexity index is 1090. The summed E-state index contributed by atoms with van der Waals surface area (Å²) in [5.41, 5.74) is 3.73. The predicted molar refractivity (Wildman–Crippen MR) is 115 cm³/mol. The number of hydrogen-bond donors (Lipinski definition) is 2. The van der Waals surface area contributed by atoms with Crippen molar-refractivity contribution in [2.45, 2.75) is 31.7 Å². The number of benzene rings is 3. The normalized spacial score (nSPS) is 11.2. The molecule has 0 radical (unpaired) electrons. The van der Waals surface area contributed by atoms with Crippen LogP contribution in [0.25, 0.3) is 0 Å². The lowest BCUT2D eigenvalue weighted by Gasteiger charge is -2.12. The fourth-order valence-corrected chi connectivity index (χ4v) is 3.94. The third-order valence-corrected chi connectivity index (χ3v) is 6.09. The molecule has 1 amide bonds. The molecule has 6 heteroatoms. The summed E-state index contributed by atoms with van der Waals surface area (Å²) in [6.45, 7) is 4.03. The zero-order valence-corrected chi connectivity index (χ0v) is 17.3. The van der Waals surface area contributed by atoms with Crippen molar-refractivity contribution in [1.82, 2.24) is 4.72 Å². The van der Waals surface area contributed by atoms with Gasteiger partial charge in [0.05, 0.1) is 4.90 Å². The van der Waals surface area contributed by atoms with E-state index in [0.717, 1.165) is 12.0 Å². The van der Waals surface area contributed by atoms with Crippen LogP contribution in [0.1, 0.15) is 34.0 Å². The molecule has 0 heterocycles. The zero-order chi connectivity index (χ0) is 20.9. The van der Waals surface area contributed by atoms with Crippen LogP contribution in [0.3, 0.4) is 0 Å². The molecule has 0 saturated heterocycles. The summed E-state index contributed by atoms with van der Waals surface area (Å²) in [6, 6.07) is 21.4. The van der Waals surface area contributed by atoms with Gasteiger partial charge in [0.25, 0.3) is 5.91 Å². The van der Waals surface area contributed by atoms with Gasteiger partial charge in [0.2, 0.25) is 10.0 Å². The molecule has 0 saturated carbocycles. The van der Waals surface area contributed by atoms with E-state index in [1.807, 2.05) is 54.6 Å². The van der Waals surface area contributed by atoms with Crippen molar-refractivity contribution in [2.24, 2.45) is 0 Å². The van der Waals surface area contributed by atoms with Crippen LogP contribution in [0.5, 0.6) is 0 Å². The van der Waals surface area contributed by atoms with Crippen molar-refractivity contribution < 1.29 is 13.2 Å². The number of hydrogen-bond acceptors (Lipinski definition) is 3. The summed E-state index contributed by atoms with van der Waals surface area (Å²) in [5.74, 6) is -0.341. The van der Waals surface area contributed by atoms with Gasteiger partial charge in [-0.25, -0.2) is 13.1 Å². The number of nitrogens with one attached hydrogen (secondary N) is 2. The van der Waals surface area contributed by atoms with Gasteiger partial charge in [-0.3, -0.25) is 4.79 Å². The van der Waals surface area contributed by atoms with Crippen LogP contribution in [-0.4, -0.2) is 14.3 Å². The molecule has 3 aromatic rings. The lowest BCUT2D eigenvalue weighted by Crippen LogP contribution is -2.24. The summed E-state index contributed by atoms with van der Waals surface area (Å²) in [6.07, 6.45) is 0.920. The van der Waals surface area contributed by atoms with Crippen molar-refractivity contribution in [1.29, 1.82) is 0 Å². The van der Waals surface area contributed by atoms with Crippen LogP contribution in [0.4, 0.5) is 5.69 Å². The van der Waals surface area contributed by atoms with Crippen LogP contribution in [0.2, 0.25) is 0 Å². The van der Waals surface area contributed by atoms with Crippen LogP contribution < -0.4 is 10.0 Å². The van der Waals surface area contributed by atoms with E-state index >= 15 is 0 Å². The monoisotopic (exact) mass is 408 g/mol. The number of rotatable bonds is 7. The first kappa shape index (κ1) is 20.8. The van der Waals surface area contributed by atoms with Crippen LogP contribution in [-0.2, 0) is 23.0 Å². The maximum absolute atomic E-state index is 12.7. The average molecular weight is 409 g/mol. The molecule has 150 valence electrons. The Morgan fingerprint density at radius 3 is 2.24 bits per heavy atom. The Hall–Kier alpha value is -2.96. The van der Waals surface area contributed by atoms with Gasteiger partial charge >= 0.3 is 0 Å². The molecule has 29 heavy (non-hydrogen) atoms. The Labute approximate surface area is 171 Å². The summed E-state index contributed by atoms with van der Waals surface area (Å²) in [7, 11) is -3.74. The van der Waals surface area contributed by atoms with E-state index in [1.165, 1.54) is 17.7 Å². The number of carbonyl (C=O) groups is 1.